The normalized spacial score (nSPS) is 26.8. The molecule has 2 N–H and O–H groups in total. The molecule has 1 fully saturated rings. The number of rotatable bonds is 3. The van der Waals surface area contributed by atoms with Crippen LogP contribution in [0.2, 0.25) is 0 Å². The summed E-state index contributed by atoms with van der Waals surface area (Å²) in [6, 6.07) is 2.59. The molecular weight excluding hydrogens is 162 g/mol. The Morgan fingerprint density at radius 2 is 2.46 bits per heavy atom. The van der Waals surface area contributed by atoms with Crippen molar-refractivity contribution in [3.8, 4) is 0 Å². The summed E-state index contributed by atoms with van der Waals surface area (Å²) in [7, 11) is 0. The monoisotopic (exact) mass is 179 g/mol. The lowest BCUT2D eigenvalue weighted by molar-refractivity contribution is 0.506. The first-order valence-corrected chi connectivity index (χ1v) is 4.97. The summed E-state index contributed by atoms with van der Waals surface area (Å²) >= 11 is 0. The maximum absolute atomic E-state index is 5.63. The Balaban J connectivity index is 2.17. The Morgan fingerprint density at radius 3 is 3.00 bits per heavy atom. The van der Waals surface area contributed by atoms with Crippen LogP contribution in [0, 0.1) is 5.92 Å². The second-order valence-corrected chi connectivity index (χ2v) is 4.13. The average molecular weight is 179 g/mol. The maximum Gasteiger partial charge on any atom is 0.0492 e. The van der Waals surface area contributed by atoms with Crippen molar-refractivity contribution in [3.05, 3.63) is 18.0 Å². The molecular formula is C10H17N3. The molecule has 0 saturated heterocycles. The van der Waals surface area contributed by atoms with E-state index in [1.54, 1.807) is 0 Å². The number of hydrogen-bond acceptors (Lipinski definition) is 2. The van der Waals surface area contributed by atoms with E-state index in [1.807, 2.05) is 6.20 Å². The van der Waals surface area contributed by atoms with Gasteiger partial charge in [-0.15, -0.1) is 0 Å². The van der Waals surface area contributed by atoms with Gasteiger partial charge in [0.25, 0.3) is 0 Å². The highest BCUT2D eigenvalue weighted by molar-refractivity contribution is 5.18. The van der Waals surface area contributed by atoms with Gasteiger partial charge < -0.3 is 5.73 Å². The van der Waals surface area contributed by atoms with E-state index in [0.29, 0.717) is 17.9 Å². The summed E-state index contributed by atoms with van der Waals surface area (Å²) in [4.78, 5) is 0. The molecule has 0 bridgehead atoms. The summed E-state index contributed by atoms with van der Waals surface area (Å²) in [6.45, 7) is 5.14. The topological polar surface area (TPSA) is 43.8 Å². The zero-order valence-corrected chi connectivity index (χ0v) is 8.27. The second kappa shape index (κ2) is 3.14. The Kier molecular flexibility index (Phi) is 2.12. The molecule has 2 rings (SSSR count). The van der Waals surface area contributed by atoms with Crippen molar-refractivity contribution in [2.75, 3.05) is 6.54 Å². The van der Waals surface area contributed by atoms with Crippen molar-refractivity contribution in [3.63, 3.8) is 0 Å². The van der Waals surface area contributed by atoms with Gasteiger partial charge >= 0.3 is 0 Å². The van der Waals surface area contributed by atoms with Gasteiger partial charge in [0.1, 0.15) is 0 Å². The third kappa shape index (κ3) is 1.48. The molecule has 1 heterocycles. The summed E-state index contributed by atoms with van der Waals surface area (Å²) < 4.78 is 2.11. The quantitative estimate of drug-likeness (QED) is 0.764. The zero-order chi connectivity index (χ0) is 9.42. The molecule has 13 heavy (non-hydrogen) atoms. The van der Waals surface area contributed by atoms with Gasteiger partial charge in [-0.3, -0.25) is 4.68 Å². The molecule has 3 nitrogen and oxygen atoms in total. The standard InChI is InChI=1S/C10H17N3/c1-7(2)13-10(3-4-12-13)9-5-8(9)6-11/h3-4,7-9H,5-6,11H2,1-2H3/t8-,9+/m0/s1. The van der Waals surface area contributed by atoms with Crippen molar-refractivity contribution in [2.45, 2.75) is 32.2 Å². The Labute approximate surface area is 78.9 Å². The van der Waals surface area contributed by atoms with Gasteiger partial charge in [-0.25, -0.2) is 0 Å². The van der Waals surface area contributed by atoms with Gasteiger partial charge in [0.2, 0.25) is 0 Å². The Hall–Kier alpha value is -0.830. The van der Waals surface area contributed by atoms with Gasteiger partial charge in [-0.05, 0) is 38.8 Å². The predicted molar refractivity (Wildman–Crippen MR) is 52.5 cm³/mol. The van der Waals surface area contributed by atoms with Crippen LogP contribution in [0.5, 0.6) is 0 Å². The molecule has 0 spiro atoms. The molecule has 1 aromatic rings. The van der Waals surface area contributed by atoms with Crippen LogP contribution in [0.4, 0.5) is 0 Å². The molecule has 1 saturated carbocycles. The molecule has 1 aliphatic rings. The van der Waals surface area contributed by atoms with Crippen LogP contribution in [0.1, 0.15) is 37.9 Å². The van der Waals surface area contributed by atoms with Gasteiger partial charge in [0.05, 0.1) is 0 Å². The van der Waals surface area contributed by atoms with Gasteiger partial charge in [0.15, 0.2) is 0 Å². The summed E-state index contributed by atoms with van der Waals surface area (Å²) in [5, 5.41) is 4.32. The van der Waals surface area contributed by atoms with Crippen molar-refractivity contribution in [2.24, 2.45) is 11.7 Å². The van der Waals surface area contributed by atoms with E-state index in [4.69, 9.17) is 5.73 Å². The lowest BCUT2D eigenvalue weighted by atomic mass is 10.2. The Bertz CT molecular complexity index is 290. The average Bonchev–Trinajstić information content (AvgIpc) is 2.72. The minimum absolute atomic E-state index is 0.462. The molecule has 0 radical (unpaired) electrons. The second-order valence-electron chi connectivity index (χ2n) is 4.13. The van der Waals surface area contributed by atoms with E-state index in [0.717, 1.165) is 6.54 Å². The van der Waals surface area contributed by atoms with Crippen LogP contribution in [0.15, 0.2) is 12.3 Å². The van der Waals surface area contributed by atoms with Gasteiger partial charge in [-0.1, -0.05) is 0 Å². The van der Waals surface area contributed by atoms with E-state index >= 15 is 0 Å². The van der Waals surface area contributed by atoms with Gasteiger partial charge in [0, 0.05) is 23.9 Å². The van der Waals surface area contributed by atoms with Crippen molar-refractivity contribution in [1.29, 1.82) is 0 Å². The fraction of sp³-hybridized carbons (Fsp3) is 0.700. The minimum atomic E-state index is 0.462. The summed E-state index contributed by atoms with van der Waals surface area (Å²) in [5.74, 6) is 1.38. The first-order chi connectivity index (χ1) is 6.24. The molecule has 0 aromatic carbocycles. The van der Waals surface area contributed by atoms with Crippen LogP contribution in [0.25, 0.3) is 0 Å². The summed E-state index contributed by atoms with van der Waals surface area (Å²) in [5.41, 5.74) is 6.99. The van der Waals surface area contributed by atoms with Crippen LogP contribution < -0.4 is 5.73 Å². The van der Waals surface area contributed by atoms with Crippen LogP contribution in [0.3, 0.4) is 0 Å². The van der Waals surface area contributed by atoms with E-state index in [9.17, 15) is 0 Å². The molecule has 1 aliphatic carbocycles. The van der Waals surface area contributed by atoms with Crippen molar-refractivity contribution < 1.29 is 0 Å². The lowest BCUT2D eigenvalue weighted by Crippen LogP contribution is -2.08. The fourth-order valence-electron chi connectivity index (χ4n) is 1.92. The molecule has 3 heteroatoms. The SMILES string of the molecule is CC(C)n1nccc1[C@@H]1C[C@H]1CN. The fourth-order valence-corrected chi connectivity index (χ4v) is 1.92. The van der Waals surface area contributed by atoms with Crippen molar-refractivity contribution >= 4 is 0 Å². The molecule has 0 amide bonds. The van der Waals surface area contributed by atoms with E-state index in [1.165, 1.54) is 12.1 Å². The van der Waals surface area contributed by atoms with Crippen molar-refractivity contribution in [1.82, 2.24) is 9.78 Å². The maximum atomic E-state index is 5.63. The number of aromatic nitrogens is 2. The van der Waals surface area contributed by atoms with E-state index in [-0.39, 0.29) is 0 Å². The lowest BCUT2D eigenvalue weighted by Gasteiger charge is -2.10. The molecule has 0 aliphatic heterocycles. The largest absolute Gasteiger partial charge is 0.330 e. The number of nitrogens with two attached hydrogens (primary N) is 1. The minimum Gasteiger partial charge on any atom is -0.330 e. The molecule has 72 valence electrons. The summed E-state index contributed by atoms with van der Waals surface area (Å²) in [6.07, 6.45) is 3.14. The Morgan fingerprint density at radius 1 is 1.69 bits per heavy atom. The highest BCUT2D eigenvalue weighted by Gasteiger charge is 2.39. The molecule has 2 atom stereocenters. The molecule has 1 aromatic heterocycles. The number of hydrogen-bond donors (Lipinski definition) is 1. The highest BCUT2D eigenvalue weighted by atomic mass is 15.3. The highest BCUT2D eigenvalue weighted by Crippen LogP contribution is 2.46. The molecule has 0 unspecified atom stereocenters. The van der Waals surface area contributed by atoms with Crippen LogP contribution >= 0.6 is 0 Å². The van der Waals surface area contributed by atoms with E-state index < -0.39 is 0 Å². The smallest absolute Gasteiger partial charge is 0.0492 e. The van der Waals surface area contributed by atoms with Gasteiger partial charge in [-0.2, -0.15) is 5.10 Å². The first kappa shape index (κ1) is 8.75. The first-order valence-electron chi connectivity index (χ1n) is 4.97. The van der Waals surface area contributed by atoms with Crippen LogP contribution in [-0.4, -0.2) is 16.3 Å². The number of nitrogens with zero attached hydrogens (tertiary/aromatic N) is 2. The predicted octanol–water partition coefficient (Wildman–Crippen LogP) is 1.53. The third-order valence-corrected chi connectivity index (χ3v) is 2.80. The van der Waals surface area contributed by atoms with Crippen LogP contribution in [-0.2, 0) is 0 Å². The van der Waals surface area contributed by atoms with E-state index in [2.05, 4.69) is 29.7 Å². The zero-order valence-electron chi connectivity index (χ0n) is 8.27. The third-order valence-electron chi connectivity index (χ3n) is 2.80.